The van der Waals surface area contributed by atoms with Gasteiger partial charge in [-0.2, -0.15) is 0 Å². The number of hydrogen-bond donors (Lipinski definition) is 2. The molecule has 2 aromatic rings. The SMILES string of the molecule is C1CC2CCCC(C1)C2.O=C(O)C1CCCN1c1nc2ccccc2n1C1CC2CCCC(C1)N2. The molecule has 1 aromatic heterocycles. The summed E-state index contributed by atoms with van der Waals surface area (Å²) in [5, 5.41) is 13.4. The number of fused-ring (bicyclic) bond motifs is 5. The maximum Gasteiger partial charge on any atom is 0.326 e. The van der Waals surface area contributed by atoms with E-state index in [9.17, 15) is 9.90 Å². The van der Waals surface area contributed by atoms with E-state index in [0.717, 1.165) is 54.6 Å². The zero-order chi connectivity index (χ0) is 23.8. The van der Waals surface area contributed by atoms with Crippen molar-refractivity contribution in [2.24, 2.45) is 11.8 Å². The topological polar surface area (TPSA) is 70.4 Å². The Balaban J connectivity index is 0.000000212. The molecule has 5 aliphatic rings. The van der Waals surface area contributed by atoms with Crippen LogP contribution in [0.3, 0.4) is 0 Å². The third kappa shape index (κ3) is 4.83. The third-order valence-electron chi connectivity index (χ3n) is 9.54. The summed E-state index contributed by atoms with van der Waals surface area (Å²) in [4.78, 5) is 18.7. The summed E-state index contributed by atoms with van der Waals surface area (Å²) in [6, 6.07) is 9.35. The first-order valence-electron chi connectivity index (χ1n) is 14.4. The van der Waals surface area contributed by atoms with Gasteiger partial charge in [0.25, 0.3) is 0 Å². The average molecular weight is 479 g/mol. The molecule has 3 aliphatic heterocycles. The number of rotatable bonds is 3. The van der Waals surface area contributed by atoms with Gasteiger partial charge >= 0.3 is 5.97 Å². The summed E-state index contributed by atoms with van der Waals surface area (Å²) < 4.78 is 2.36. The van der Waals surface area contributed by atoms with Crippen molar-refractivity contribution < 1.29 is 9.90 Å². The number of hydrogen-bond acceptors (Lipinski definition) is 4. The van der Waals surface area contributed by atoms with Crippen LogP contribution in [0.25, 0.3) is 11.0 Å². The van der Waals surface area contributed by atoms with Crippen LogP contribution in [0.4, 0.5) is 5.95 Å². The maximum absolute atomic E-state index is 11.8. The minimum atomic E-state index is -0.733. The smallest absolute Gasteiger partial charge is 0.326 e. The number of imidazole rings is 1. The molecule has 4 bridgehead atoms. The fraction of sp³-hybridized carbons (Fsp3) is 0.724. The normalized spacial score (nSPS) is 34.3. The summed E-state index contributed by atoms with van der Waals surface area (Å²) in [5.74, 6) is 2.43. The third-order valence-corrected chi connectivity index (χ3v) is 9.54. The van der Waals surface area contributed by atoms with Gasteiger partial charge in [-0.3, -0.25) is 0 Å². The van der Waals surface area contributed by atoms with Crippen LogP contribution in [-0.4, -0.2) is 45.3 Å². The molecule has 0 spiro atoms. The Labute approximate surface area is 209 Å². The van der Waals surface area contributed by atoms with E-state index in [4.69, 9.17) is 4.98 Å². The number of nitrogens with one attached hydrogen (secondary N) is 1. The fourth-order valence-corrected chi connectivity index (χ4v) is 7.93. The number of carbonyl (C=O) groups is 1. The number of aliphatic carboxylic acids is 1. The lowest BCUT2D eigenvalue weighted by Crippen LogP contribution is -2.49. The minimum absolute atomic E-state index is 0.393. The second-order valence-electron chi connectivity index (χ2n) is 11.9. The van der Waals surface area contributed by atoms with Gasteiger partial charge in [-0.25, -0.2) is 9.78 Å². The minimum Gasteiger partial charge on any atom is -0.480 e. The van der Waals surface area contributed by atoms with E-state index in [1.807, 2.05) is 17.0 Å². The molecule has 2 N–H and O–H groups in total. The van der Waals surface area contributed by atoms with Crippen LogP contribution >= 0.6 is 0 Å². The van der Waals surface area contributed by atoms with Crippen LogP contribution in [0.2, 0.25) is 0 Å². The second kappa shape index (κ2) is 10.1. The molecule has 4 heterocycles. The Kier molecular flexibility index (Phi) is 6.74. The maximum atomic E-state index is 11.8. The number of benzene rings is 1. The van der Waals surface area contributed by atoms with Crippen molar-refractivity contribution in [3.05, 3.63) is 24.3 Å². The molecule has 2 saturated carbocycles. The van der Waals surface area contributed by atoms with Gasteiger partial charge < -0.3 is 19.9 Å². The zero-order valence-corrected chi connectivity index (χ0v) is 21.1. The summed E-state index contributed by atoms with van der Waals surface area (Å²) in [5.41, 5.74) is 2.12. The van der Waals surface area contributed by atoms with E-state index >= 15 is 0 Å². The molecule has 3 unspecified atom stereocenters. The molecule has 6 nitrogen and oxygen atoms in total. The highest BCUT2D eigenvalue weighted by atomic mass is 16.4. The van der Waals surface area contributed by atoms with Gasteiger partial charge in [0.2, 0.25) is 5.95 Å². The molecular weight excluding hydrogens is 436 g/mol. The Morgan fingerprint density at radius 1 is 0.857 bits per heavy atom. The molecule has 6 heteroatoms. The first-order chi connectivity index (χ1) is 17.2. The first kappa shape index (κ1) is 23.3. The predicted octanol–water partition coefficient (Wildman–Crippen LogP) is 5.91. The Morgan fingerprint density at radius 2 is 1.51 bits per heavy atom. The predicted molar refractivity (Wildman–Crippen MR) is 140 cm³/mol. The molecule has 2 aliphatic carbocycles. The number of para-hydroxylation sites is 2. The van der Waals surface area contributed by atoms with Crippen LogP contribution in [0.1, 0.15) is 95.9 Å². The first-order valence-corrected chi connectivity index (χ1v) is 14.4. The highest BCUT2D eigenvalue weighted by molar-refractivity contribution is 5.82. The summed E-state index contributed by atoms with van der Waals surface area (Å²) in [7, 11) is 0. The van der Waals surface area contributed by atoms with Crippen LogP contribution in [0.15, 0.2) is 24.3 Å². The number of carboxylic acid groups (broad SMARTS) is 1. The van der Waals surface area contributed by atoms with E-state index in [1.54, 1.807) is 32.1 Å². The van der Waals surface area contributed by atoms with Crippen LogP contribution < -0.4 is 10.2 Å². The number of carboxylic acids is 1. The van der Waals surface area contributed by atoms with Gasteiger partial charge in [0.15, 0.2) is 0 Å². The lowest BCUT2D eigenvalue weighted by Gasteiger charge is -2.41. The summed E-state index contributed by atoms with van der Waals surface area (Å²) in [6.07, 6.45) is 18.5. The summed E-state index contributed by atoms with van der Waals surface area (Å²) >= 11 is 0. The Morgan fingerprint density at radius 3 is 2.17 bits per heavy atom. The van der Waals surface area contributed by atoms with Gasteiger partial charge in [-0.05, 0) is 68.9 Å². The molecule has 7 rings (SSSR count). The number of nitrogens with zero attached hydrogens (tertiary/aromatic N) is 3. The van der Waals surface area contributed by atoms with E-state index in [2.05, 4.69) is 22.0 Å². The standard InChI is InChI=1S/C20H26N4O2.C9H16/c25-19(26)18-9-4-10-23(18)20-22-16-7-1-2-8-17(16)24(20)15-11-13-5-3-6-14(12-15)21-13;1-3-8-5-2-6-9(4-1)7-8/h1-2,7-8,13-15,18,21H,3-6,9-12H2,(H,25,26);8-9H,1-7H2. The highest BCUT2D eigenvalue weighted by Crippen LogP contribution is 2.40. The van der Waals surface area contributed by atoms with Gasteiger partial charge in [0, 0.05) is 24.7 Å². The largest absolute Gasteiger partial charge is 0.480 e. The Hall–Kier alpha value is -2.08. The molecule has 35 heavy (non-hydrogen) atoms. The van der Waals surface area contributed by atoms with Crippen LogP contribution in [0, 0.1) is 11.8 Å². The monoisotopic (exact) mass is 478 g/mol. The number of aromatic nitrogens is 2. The average Bonchev–Trinajstić information content (AvgIpc) is 3.49. The number of piperidine rings is 2. The lowest BCUT2D eigenvalue weighted by molar-refractivity contribution is -0.138. The quantitative estimate of drug-likeness (QED) is 0.574. The van der Waals surface area contributed by atoms with Crippen molar-refractivity contribution in [1.29, 1.82) is 0 Å². The van der Waals surface area contributed by atoms with E-state index < -0.39 is 12.0 Å². The van der Waals surface area contributed by atoms with Crippen molar-refractivity contribution in [2.45, 2.75) is 114 Å². The van der Waals surface area contributed by atoms with Crippen molar-refractivity contribution in [3.63, 3.8) is 0 Å². The van der Waals surface area contributed by atoms with Crippen LogP contribution in [0.5, 0.6) is 0 Å². The van der Waals surface area contributed by atoms with E-state index in [1.165, 1.54) is 32.1 Å². The molecular formula is C29H42N4O2. The van der Waals surface area contributed by atoms with Crippen LogP contribution in [-0.2, 0) is 4.79 Å². The van der Waals surface area contributed by atoms with E-state index in [-0.39, 0.29) is 0 Å². The molecule has 5 fully saturated rings. The Bertz CT molecular complexity index is 1000. The van der Waals surface area contributed by atoms with Crippen molar-refractivity contribution in [2.75, 3.05) is 11.4 Å². The fourth-order valence-electron chi connectivity index (χ4n) is 7.93. The number of anilines is 1. The van der Waals surface area contributed by atoms with E-state index in [0.29, 0.717) is 24.5 Å². The highest BCUT2D eigenvalue weighted by Gasteiger charge is 2.38. The molecule has 0 amide bonds. The van der Waals surface area contributed by atoms with Gasteiger partial charge in [0.05, 0.1) is 11.0 Å². The zero-order valence-electron chi connectivity index (χ0n) is 21.1. The van der Waals surface area contributed by atoms with Crippen molar-refractivity contribution >= 4 is 23.0 Å². The van der Waals surface area contributed by atoms with Gasteiger partial charge in [-0.15, -0.1) is 0 Å². The molecule has 190 valence electrons. The lowest BCUT2D eigenvalue weighted by atomic mass is 9.72. The van der Waals surface area contributed by atoms with Crippen molar-refractivity contribution in [1.82, 2.24) is 14.9 Å². The van der Waals surface area contributed by atoms with Gasteiger partial charge in [0.1, 0.15) is 6.04 Å². The molecule has 0 radical (unpaired) electrons. The van der Waals surface area contributed by atoms with Gasteiger partial charge in [-0.1, -0.05) is 57.1 Å². The molecule has 3 saturated heterocycles. The second-order valence-corrected chi connectivity index (χ2v) is 11.9. The summed E-state index contributed by atoms with van der Waals surface area (Å²) in [6.45, 7) is 0.776. The molecule has 1 aromatic carbocycles. The molecule has 3 atom stereocenters. The van der Waals surface area contributed by atoms with Crippen molar-refractivity contribution in [3.8, 4) is 0 Å².